The summed E-state index contributed by atoms with van der Waals surface area (Å²) in [7, 11) is 0. The van der Waals surface area contributed by atoms with Gasteiger partial charge in [0.1, 0.15) is 0 Å². The molecule has 4 nitrogen and oxygen atoms in total. The molecule has 0 aliphatic heterocycles. The fourth-order valence-corrected chi connectivity index (χ4v) is 2.24. The van der Waals surface area contributed by atoms with Gasteiger partial charge in [0.15, 0.2) is 0 Å². The fourth-order valence-electron chi connectivity index (χ4n) is 1.91. The second-order valence-electron chi connectivity index (χ2n) is 4.77. The van der Waals surface area contributed by atoms with Gasteiger partial charge in [-0.15, -0.1) is 0 Å². The summed E-state index contributed by atoms with van der Waals surface area (Å²) in [5.74, 6) is -0.789. The number of halogens is 1. The Morgan fingerprint density at radius 1 is 1.44 bits per heavy atom. The second kappa shape index (κ2) is 5.74. The number of rotatable bonds is 6. The lowest BCUT2D eigenvalue weighted by atomic mass is 9.83. The molecule has 1 aromatic heterocycles. The summed E-state index contributed by atoms with van der Waals surface area (Å²) < 4.78 is 1.82. The van der Waals surface area contributed by atoms with Crippen LogP contribution in [0, 0.1) is 5.41 Å². The van der Waals surface area contributed by atoms with Crippen molar-refractivity contribution in [1.29, 1.82) is 0 Å². The van der Waals surface area contributed by atoms with E-state index >= 15 is 0 Å². The molecule has 0 radical (unpaired) electrons. The molecule has 1 N–H and O–H groups in total. The average molecular weight is 273 g/mol. The molecule has 0 amide bonds. The Morgan fingerprint density at radius 2 is 2.06 bits per heavy atom. The highest BCUT2D eigenvalue weighted by Crippen LogP contribution is 2.32. The summed E-state index contributed by atoms with van der Waals surface area (Å²) in [5, 5.41) is 14.4. The van der Waals surface area contributed by atoms with E-state index in [1.165, 1.54) is 0 Å². The van der Waals surface area contributed by atoms with Crippen molar-refractivity contribution in [3.63, 3.8) is 0 Å². The molecule has 1 rings (SSSR count). The van der Waals surface area contributed by atoms with Crippen LogP contribution in [0.15, 0.2) is 0 Å². The van der Waals surface area contributed by atoms with Gasteiger partial charge in [0, 0.05) is 13.0 Å². The lowest BCUT2D eigenvalue weighted by molar-refractivity contribution is -0.148. The number of carboxylic acids is 1. The number of carbonyl (C=O) groups is 1. The topological polar surface area (TPSA) is 55.1 Å². The number of aromatic nitrogens is 2. The van der Waals surface area contributed by atoms with Gasteiger partial charge in [0.05, 0.1) is 21.8 Å². The van der Waals surface area contributed by atoms with Crippen LogP contribution in [-0.2, 0) is 24.2 Å². The van der Waals surface area contributed by atoms with E-state index in [2.05, 4.69) is 5.10 Å². The highest BCUT2D eigenvalue weighted by atomic mass is 35.5. The first-order valence-corrected chi connectivity index (χ1v) is 6.74. The van der Waals surface area contributed by atoms with Crippen LogP contribution in [0.3, 0.4) is 0 Å². The molecule has 0 aliphatic carbocycles. The first-order chi connectivity index (χ1) is 8.39. The van der Waals surface area contributed by atoms with Crippen LogP contribution in [0.1, 0.15) is 45.5 Å². The fraction of sp³-hybridized carbons (Fsp3) is 0.692. The Bertz CT molecular complexity index is 442. The van der Waals surface area contributed by atoms with E-state index in [-0.39, 0.29) is 0 Å². The minimum absolute atomic E-state index is 0.415. The predicted molar refractivity (Wildman–Crippen MR) is 72.0 cm³/mol. The zero-order valence-electron chi connectivity index (χ0n) is 11.5. The monoisotopic (exact) mass is 272 g/mol. The number of hydrogen-bond acceptors (Lipinski definition) is 2. The molecule has 0 saturated heterocycles. The molecule has 0 fully saturated rings. The maximum Gasteiger partial charge on any atom is 0.309 e. The smallest absolute Gasteiger partial charge is 0.309 e. The molecular formula is C13H21ClN2O2. The Hall–Kier alpha value is -1.03. The summed E-state index contributed by atoms with van der Waals surface area (Å²) >= 11 is 6.30. The van der Waals surface area contributed by atoms with Gasteiger partial charge >= 0.3 is 5.97 Å². The first-order valence-electron chi connectivity index (χ1n) is 6.37. The van der Waals surface area contributed by atoms with Crippen LogP contribution >= 0.6 is 11.6 Å². The first kappa shape index (κ1) is 15.0. The van der Waals surface area contributed by atoms with Gasteiger partial charge in [-0.25, -0.2) is 0 Å². The summed E-state index contributed by atoms with van der Waals surface area (Å²) in [6.07, 6.45) is 1.74. The third kappa shape index (κ3) is 2.69. The van der Waals surface area contributed by atoms with Crippen molar-refractivity contribution >= 4 is 17.6 Å². The molecular weight excluding hydrogens is 252 g/mol. The number of aryl methyl sites for hydroxylation is 2. The molecule has 1 unspecified atom stereocenters. The van der Waals surface area contributed by atoms with E-state index in [4.69, 9.17) is 11.6 Å². The van der Waals surface area contributed by atoms with Crippen molar-refractivity contribution in [3.05, 3.63) is 16.4 Å². The minimum atomic E-state index is -0.790. The van der Waals surface area contributed by atoms with Gasteiger partial charge in [0.2, 0.25) is 0 Å². The van der Waals surface area contributed by atoms with E-state index in [0.29, 0.717) is 24.4 Å². The quantitative estimate of drug-likeness (QED) is 0.865. The lowest BCUT2D eigenvalue weighted by Crippen LogP contribution is -2.30. The summed E-state index contributed by atoms with van der Waals surface area (Å²) in [6.45, 7) is 8.32. The Kier molecular flexibility index (Phi) is 4.79. The zero-order valence-corrected chi connectivity index (χ0v) is 12.2. The van der Waals surface area contributed by atoms with Gasteiger partial charge < -0.3 is 5.11 Å². The largest absolute Gasteiger partial charge is 0.481 e. The number of hydrogen-bond donors (Lipinski definition) is 1. The van der Waals surface area contributed by atoms with Crippen molar-refractivity contribution in [2.24, 2.45) is 5.41 Å². The molecule has 0 bridgehead atoms. The second-order valence-corrected chi connectivity index (χ2v) is 5.15. The lowest BCUT2D eigenvalue weighted by Gasteiger charge is -2.23. The van der Waals surface area contributed by atoms with Crippen molar-refractivity contribution in [3.8, 4) is 0 Å². The van der Waals surface area contributed by atoms with Crippen molar-refractivity contribution < 1.29 is 9.90 Å². The van der Waals surface area contributed by atoms with Crippen molar-refractivity contribution in [2.75, 3.05) is 0 Å². The average Bonchev–Trinajstić information content (AvgIpc) is 2.65. The van der Waals surface area contributed by atoms with Crippen LogP contribution in [0.25, 0.3) is 0 Å². The molecule has 1 aromatic rings. The third-order valence-corrected chi connectivity index (χ3v) is 3.98. The van der Waals surface area contributed by atoms with Crippen LogP contribution in [0.5, 0.6) is 0 Å². The zero-order chi connectivity index (χ0) is 13.9. The standard InChI is InChI=1S/C13H21ClN2O2/c1-5-9-11(14)10(16(7-3)15-9)8-13(4,6-2)12(17)18/h5-8H2,1-4H3,(H,17,18). The van der Waals surface area contributed by atoms with Crippen molar-refractivity contribution in [2.45, 2.75) is 53.5 Å². The number of carboxylic acid groups (broad SMARTS) is 1. The molecule has 0 aliphatic rings. The molecule has 1 heterocycles. The number of aliphatic carboxylic acids is 1. The van der Waals surface area contributed by atoms with Crippen LogP contribution in [0.2, 0.25) is 5.02 Å². The SMILES string of the molecule is CCc1nn(CC)c(CC(C)(CC)C(=O)O)c1Cl. The Labute approximate surface area is 113 Å². The molecule has 0 saturated carbocycles. The van der Waals surface area contributed by atoms with Gasteiger partial charge in [-0.3, -0.25) is 9.48 Å². The highest BCUT2D eigenvalue weighted by molar-refractivity contribution is 6.31. The van der Waals surface area contributed by atoms with E-state index < -0.39 is 11.4 Å². The molecule has 102 valence electrons. The summed E-state index contributed by atoms with van der Waals surface area (Å²) in [5.41, 5.74) is 0.891. The Balaban J connectivity index is 3.17. The van der Waals surface area contributed by atoms with Gasteiger partial charge in [-0.1, -0.05) is 25.4 Å². The summed E-state index contributed by atoms with van der Waals surface area (Å²) in [6, 6.07) is 0. The highest BCUT2D eigenvalue weighted by Gasteiger charge is 2.34. The van der Waals surface area contributed by atoms with Gasteiger partial charge in [-0.2, -0.15) is 5.10 Å². The van der Waals surface area contributed by atoms with E-state index in [1.54, 1.807) is 6.92 Å². The minimum Gasteiger partial charge on any atom is -0.481 e. The Morgan fingerprint density at radius 3 is 2.44 bits per heavy atom. The predicted octanol–water partition coefficient (Wildman–Crippen LogP) is 3.16. The van der Waals surface area contributed by atoms with E-state index in [9.17, 15) is 9.90 Å². The van der Waals surface area contributed by atoms with E-state index in [1.807, 2.05) is 25.5 Å². The van der Waals surface area contributed by atoms with Gasteiger partial charge in [-0.05, 0) is 26.7 Å². The van der Waals surface area contributed by atoms with E-state index in [0.717, 1.165) is 17.8 Å². The van der Waals surface area contributed by atoms with Crippen LogP contribution < -0.4 is 0 Å². The van der Waals surface area contributed by atoms with Crippen molar-refractivity contribution in [1.82, 2.24) is 9.78 Å². The molecule has 0 aromatic carbocycles. The van der Waals surface area contributed by atoms with Crippen LogP contribution in [-0.4, -0.2) is 20.9 Å². The molecule has 0 spiro atoms. The summed E-state index contributed by atoms with van der Waals surface area (Å²) in [4.78, 5) is 11.4. The maximum atomic E-state index is 11.4. The van der Waals surface area contributed by atoms with Crippen LogP contribution in [0.4, 0.5) is 0 Å². The maximum absolute atomic E-state index is 11.4. The number of nitrogens with zero attached hydrogens (tertiary/aromatic N) is 2. The third-order valence-electron chi connectivity index (χ3n) is 3.55. The van der Waals surface area contributed by atoms with Gasteiger partial charge in [0.25, 0.3) is 0 Å². The molecule has 18 heavy (non-hydrogen) atoms. The molecule has 1 atom stereocenters. The molecule has 5 heteroatoms. The normalized spacial score (nSPS) is 14.5.